The summed E-state index contributed by atoms with van der Waals surface area (Å²) < 4.78 is 10.1. The van der Waals surface area contributed by atoms with Crippen molar-refractivity contribution in [3.05, 3.63) is 23.8 Å². The number of ether oxygens (including phenoxy) is 2. The van der Waals surface area contributed by atoms with Crippen molar-refractivity contribution in [3.63, 3.8) is 0 Å². The molecule has 0 aliphatic rings. The number of aromatic hydroxyl groups is 1. The molecule has 0 fully saturated rings. The number of nitrogens with one attached hydrogen (secondary N) is 1. The van der Waals surface area contributed by atoms with Gasteiger partial charge in [-0.15, -0.1) is 0 Å². The van der Waals surface area contributed by atoms with Crippen molar-refractivity contribution in [3.8, 4) is 11.5 Å². The number of alkyl halides is 1. The van der Waals surface area contributed by atoms with E-state index in [1.54, 1.807) is 6.07 Å². The van der Waals surface area contributed by atoms with Crippen molar-refractivity contribution in [2.45, 2.75) is 0 Å². The first-order valence-electron chi connectivity index (χ1n) is 5.48. The van der Waals surface area contributed by atoms with Gasteiger partial charge in [0.05, 0.1) is 25.9 Å². The third kappa shape index (κ3) is 4.54. The standard InChI is InChI=1S/C12H16BrNO4/c1-17-9-2-3-10(11(15)8-9)12(16)14-5-7-18-6-4-13/h2-3,8,15H,4-7H2,1H3,(H,14,16). The van der Waals surface area contributed by atoms with Gasteiger partial charge in [0, 0.05) is 17.9 Å². The molecule has 0 aromatic heterocycles. The zero-order valence-corrected chi connectivity index (χ0v) is 11.7. The number of methoxy groups -OCH3 is 1. The zero-order chi connectivity index (χ0) is 13.4. The van der Waals surface area contributed by atoms with Crippen LogP contribution in [0.1, 0.15) is 10.4 Å². The second-order valence-electron chi connectivity index (χ2n) is 3.44. The summed E-state index contributed by atoms with van der Waals surface area (Å²) in [5.41, 5.74) is 0.219. The van der Waals surface area contributed by atoms with Gasteiger partial charge in [-0.05, 0) is 12.1 Å². The van der Waals surface area contributed by atoms with Crippen molar-refractivity contribution in [1.29, 1.82) is 0 Å². The van der Waals surface area contributed by atoms with E-state index in [1.165, 1.54) is 19.2 Å². The van der Waals surface area contributed by atoms with Gasteiger partial charge in [-0.2, -0.15) is 0 Å². The minimum Gasteiger partial charge on any atom is -0.507 e. The minimum atomic E-state index is -0.336. The second kappa shape index (κ2) is 7.94. The molecule has 100 valence electrons. The quantitative estimate of drug-likeness (QED) is 0.591. The molecule has 0 radical (unpaired) electrons. The van der Waals surface area contributed by atoms with Crippen LogP contribution < -0.4 is 10.1 Å². The summed E-state index contributed by atoms with van der Waals surface area (Å²) in [6.07, 6.45) is 0. The SMILES string of the molecule is COc1ccc(C(=O)NCCOCCBr)c(O)c1. The van der Waals surface area contributed by atoms with Gasteiger partial charge in [0.2, 0.25) is 0 Å². The fourth-order valence-electron chi connectivity index (χ4n) is 1.32. The Labute approximate surface area is 114 Å². The summed E-state index contributed by atoms with van der Waals surface area (Å²) in [6.45, 7) is 1.44. The lowest BCUT2D eigenvalue weighted by atomic mass is 10.2. The molecule has 0 saturated carbocycles. The summed E-state index contributed by atoms with van der Waals surface area (Å²) in [6, 6.07) is 4.54. The first-order chi connectivity index (χ1) is 8.69. The van der Waals surface area contributed by atoms with Crippen LogP contribution in [0.5, 0.6) is 11.5 Å². The number of phenols is 1. The largest absolute Gasteiger partial charge is 0.507 e. The van der Waals surface area contributed by atoms with E-state index in [1.807, 2.05) is 0 Å². The van der Waals surface area contributed by atoms with Gasteiger partial charge in [-0.25, -0.2) is 0 Å². The van der Waals surface area contributed by atoms with E-state index in [4.69, 9.17) is 9.47 Å². The fraction of sp³-hybridized carbons (Fsp3) is 0.417. The summed E-state index contributed by atoms with van der Waals surface area (Å²) in [4.78, 5) is 11.7. The monoisotopic (exact) mass is 317 g/mol. The van der Waals surface area contributed by atoms with Crippen molar-refractivity contribution in [2.75, 3.05) is 32.2 Å². The Kier molecular flexibility index (Phi) is 6.53. The van der Waals surface area contributed by atoms with Crippen LogP contribution in [0.25, 0.3) is 0 Å². The maximum Gasteiger partial charge on any atom is 0.255 e. The summed E-state index contributed by atoms with van der Waals surface area (Å²) >= 11 is 3.23. The molecule has 1 amide bonds. The molecule has 1 aromatic carbocycles. The van der Waals surface area contributed by atoms with Crippen LogP contribution in [0.2, 0.25) is 0 Å². The van der Waals surface area contributed by atoms with Gasteiger partial charge in [-0.3, -0.25) is 4.79 Å². The highest BCUT2D eigenvalue weighted by Gasteiger charge is 2.11. The highest BCUT2D eigenvalue weighted by molar-refractivity contribution is 9.09. The molecule has 0 aliphatic carbocycles. The second-order valence-corrected chi connectivity index (χ2v) is 4.23. The molecule has 18 heavy (non-hydrogen) atoms. The van der Waals surface area contributed by atoms with Crippen LogP contribution in [-0.2, 0) is 4.74 Å². The third-order valence-corrected chi connectivity index (χ3v) is 2.53. The highest BCUT2D eigenvalue weighted by Crippen LogP contribution is 2.22. The number of carbonyl (C=O) groups excluding carboxylic acids is 1. The summed E-state index contributed by atoms with van der Waals surface area (Å²) in [7, 11) is 1.50. The lowest BCUT2D eigenvalue weighted by Gasteiger charge is -2.08. The van der Waals surface area contributed by atoms with Crippen molar-refractivity contribution in [1.82, 2.24) is 5.32 Å². The van der Waals surface area contributed by atoms with E-state index in [-0.39, 0.29) is 17.2 Å². The van der Waals surface area contributed by atoms with Crippen LogP contribution in [0.4, 0.5) is 0 Å². The maximum absolute atomic E-state index is 11.7. The Bertz CT molecular complexity index is 398. The number of rotatable bonds is 7. The van der Waals surface area contributed by atoms with Crippen molar-refractivity contribution in [2.24, 2.45) is 0 Å². The van der Waals surface area contributed by atoms with Crippen LogP contribution in [-0.4, -0.2) is 43.2 Å². The number of benzene rings is 1. The average Bonchev–Trinajstić information content (AvgIpc) is 2.38. The number of amides is 1. The van der Waals surface area contributed by atoms with E-state index < -0.39 is 0 Å². The van der Waals surface area contributed by atoms with Gasteiger partial charge >= 0.3 is 0 Å². The lowest BCUT2D eigenvalue weighted by molar-refractivity contribution is 0.0921. The summed E-state index contributed by atoms with van der Waals surface area (Å²) in [5.74, 6) is 0.0653. The molecule has 2 N–H and O–H groups in total. The predicted octanol–water partition coefficient (Wildman–Crippen LogP) is 1.54. The topological polar surface area (TPSA) is 67.8 Å². The third-order valence-electron chi connectivity index (χ3n) is 2.20. The number of carbonyl (C=O) groups is 1. The Morgan fingerprint density at radius 2 is 2.22 bits per heavy atom. The van der Waals surface area contributed by atoms with Gasteiger partial charge < -0.3 is 19.9 Å². The number of hydrogen-bond donors (Lipinski definition) is 2. The fourth-order valence-corrected chi connectivity index (χ4v) is 1.55. The molecular formula is C12H16BrNO4. The van der Waals surface area contributed by atoms with E-state index in [2.05, 4.69) is 21.2 Å². The van der Waals surface area contributed by atoms with Crippen molar-refractivity contribution < 1.29 is 19.4 Å². The Hall–Kier alpha value is -1.27. The van der Waals surface area contributed by atoms with E-state index in [9.17, 15) is 9.90 Å². The number of phenolic OH excluding ortho intramolecular Hbond substituents is 1. The van der Waals surface area contributed by atoms with Gasteiger partial charge in [0.25, 0.3) is 5.91 Å². The Morgan fingerprint density at radius 3 is 2.83 bits per heavy atom. The Morgan fingerprint density at radius 1 is 1.44 bits per heavy atom. The molecule has 5 nitrogen and oxygen atoms in total. The van der Waals surface area contributed by atoms with E-state index >= 15 is 0 Å². The number of halogens is 1. The van der Waals surface area contributed by atoms with Crippen LogP contribution in [0.3, 0.4) is 0 Å². The lowest BCUT2D eigenvalue weighted by Crippen LogP contribution is -2.27. The molecule has 0 saturated heterocycles. The van der Waals surface area contributed by atoms with E-state index in [0.717, 1.165) is 5.33 Å². The first kappa shape index (κ1) is 14.8. The predicted molar refractivity (Wildman–Crippen MR) is 71.6 cm³/mol. The minimum absolute atomic E-state index is 0.103. The first-order valence-corrected chi connectivity index (χ1v) is 6.60. The molecule has 1 rings (SSSR count). The molecular weight excluding hydrogens is 302 g/mol. The molecule has 0 heterocycles. The average molecular weight is 318 g/mol. The Balaban J connectivity index is 2.46. The molecule has 0 spiro atoms. The van der Waals surface area contributed by atoms with Crippen LogP contribution >= 0.6 is 15.9 Å². The molecule has 6 heteroatoms. The molecule has 0 bridgehead atoms. The zero-order valence-electron chi connectivity index (χ0n) is 10.1. The van der Waals surface area contributed by atoms with Gasteiger partial charge in [0.15, 0.2) is 0 Å². The van der Waals surface area contributed by atoms with Crippen LogP contribution in [0.15, 0.2) is 18.2 Å². The molecule has 0 atom stereocenters. The highest BCUT2D eigenvalue weighted by atomic mass is 79.9. The van der Waals surface area contributed by atoms with Crippen molar-refractivity contribution >= 4 is 21.8 Å². The smallest absolute Gasteiger partial charge is 0.255 e. The normalized spacial score (nSPS) is 10.1. The van der Waals surface area contributed by atoms with Crippen LogP contribution in [0, 0.1) is 0 Å². The molecule has 0 unspecified atom stereocenters. The van der Waals surface area contributed by atoms with Gasteiger partial charge in [0.1, 0.15) is 11.5 Å². The van der Waals surface area contributed by atoms with Gasteiger partial charge in [-0.1, -0.05) is 15.9 Å². The number of hydrogen-bond acceptors (Lipinski definition) is 4. The maximum atomic E-state index is 11.7. The van der Waals surface area contributed by atoms with E-state index in [0.29, 0.717) is 25.5 Å². The summed E-state index contributed by atoms with van der Waals surface area (Å²) in [5, 5.41) is 13.1. The molecule has 1 aromatic rings. The molecule has 0 aliphatic heterocycles.